The van der Waals surface area contributed by atoms with Gasteiger partial charge in [-0.05, 0) is 42.8 Å². The Hall–Kier alpha value is -2.88. The van der Waals surface area contributed by atoms with E-state index in [0.29, 0.717) is 17.2 Å². The molecule has 0 unspecified atom stereocenters. The highest BCUT2D eigenvalue weighted by Gasteiger charge is 2.09. The molecule has 2 aromatic carbocycles. The summed E-state index contributed by atoms with van der Waals surface area (Å²) in [4.78, 5) is 15.0. The number of aldehydes is 1. The molecule has 0 aliphatic heterocycles. The summed E-state index contributed by atoms with van der Waals surface area (Å²) in [6, 6.07) is 15.0. The predicted octanol–water partition coefficient (Wildman–Crippen LogP) is 5.39. The van der Waals surface area contributed by atoms with Crippen LogP contribution in [0.3, 0.4) is 0 Å². The molecule has 1 aromatic heterocycles. The second kappa shape index (κ2) is 8.29. The zero-order valence-electron chi connectivity index (χ0n) is 14.3. The molecule has 0 fully saturated rings. The van der Waals surface area contributed by atoms with Crippen LogP contribution in [0.15, 0.2) is 59.1 Å². The third kappa shape index (κ3) is 4.35. The Balaban J connectivity index is 1.68. The predicted molar refractivity (Wildman–Crippen MR) is 97.8 cm³/mol. The van der Waals surface area contributed by atoms with Crippen molar-refractivity contribution < 1.29 is 13.9 Å². The fourth-order valence-electron chi connectivity index (χ4n) is 2.50. The first-order chi connectivity index (χ1) is 12.3. The fourth-order valence-corrected chi connectivity index (χ4v) is 2.50. The van der Waals surface area contributed by atoms with Crippen molar-refractivity contribution in [3.8, 4) is 28.5 Å². The summed E-state index contributed by atoms with van der Waals surface area (Å²) in [6.45, 7) is 2.92. The third-order valence-corrected chi connectivity index (χ3v) is 3.95. The van der Waals surface area contributed by atoms with Crippen molar-refractivity contribution in [3.63, 3.8) is 0 Å². The van der Waals surface area contributed by atoms with Crippen molar-refractivity contribution in [3.05, 3.63) is 60.3 Å². The highest BCUT2D eigenvalue weighted by Crippen LogP contribution is 2.27. The molecular weight excluding hydrogens is 314 g/mol. The summed E-state index contributed by atoms with van der Waals surface area (Å²) in [6.07, 6.45) is 5.98. The number of aromatic nitrogens is 1. The van der Waals surface area contributed by atoms with Crippen LogP contribution in [-0.2, 0) is 0 Å². The number of hydrogen-bond acceptors (Lipinski definition) is 4. The monoisotopic (exact) mass is 335 g/mol. The van der Waals surface area contributed by atoms with Gasteiger partial charge >= 0.3 is 0 Å². The molecule has 0 saturated heterocycles. The number of nitrogens with zero attached hydrogens (tertiary/aromatic N) is 1. The molecule has 0 radical (unpaired) electrons. The van der Waals surface area contributed by atoms with Crippen LogP contribution in [0.4, 0.5) is 0 Å². The molecule has 0 bridgehead atoms. The molecule has 0 aliphatic rings. The molecule has 4 heteroatoms. The molecule has 0 saturated carbocycles. The number of hydrogen-bond donors (Lipinski definition) is 0. The average Bonchev–Trinajstić information content (AvgIpc) is 3.16. The Labute approximate surface area is 147 Å². The van der Waals surface area contributed by atoms with E-state index >= 15 is 0 Å². The lowest BCUT2D eigenvalue weighted by atomic mass is 10.1. The van der Waals surface area contributed by atoms with Gasteiger partial charge in [-0.15, -0.1) is 0 Å². The van der Waals surface area contributed by atoms with Crippen LogP contribution >= 0.6 is 0 Å². The number of ether oxygens (including phenoxy) is 1. The van der Waals surface area contributed by atoms with Gasteiger partial charge in [0.15, 0.2) is 5.76 Å². The van der Waals surface area contributed by atoms with Gasteiger partial charge in [-0.3, -0.25) is 4.79 Å². The van der Waals surface area contributed by atoms with Crippen LogP contribution in [0, 0.1) is 0 Å². The molecule has 3 rings (SSSR count). The summed E-state index contributed by atoms with van der Waals surface area (Å²) in [5, 5.41) is 0. The molecule has 0 spiro atoms. The van der Waals surface area contributed by atoms with Crippen LogP contribution in [0.25, 0.3) is 22.8 Å². The van der Waals surface area contributed by atoms with Crippen molar-refractivity contribution in [1.82, 2.24) is 4.98 Å². The van der Waals surface area contributed by atoms with Crippen LogP contribution in [0.1, 0.15) is 36.5 Å². The van der Waals surface area contributed by atoms with E-state index in [1.165, 1.54) is 12.8 Å². The summed E-state index contributed by atoms with van der Waals surface area (Å²) in [7, 11) is 0. The van der Waals surface area contributed by atoms with E-state index < -0.39 is 0 Å². The molecule has 128 valence electrons. The summed E-state index contributed by atoms with van der Waals surface area (Å²) in [5.74, 6) is 2.10. The van der Waals surface area contributed by atoms with Crippen molar-refractivity contribution in [2.45, 2.75) is 26.2 Å². The number of unbranched alkanes of at least 4 members (excludes halogenated alkanes) is 2. The minimum Gasteiger partial charge on any atom is -0.494 e. The first kappa shape index (κ1) is 17.0. The number of carbonyl (C=O) groups is 1. The standard InChI is InChI=1S/C21H21NO3/c1-2-3-4-13-24-19-11-9-17(10-12-19)20-14-22-21(25-20)18-7-5-16(15-23)6-8-18/h5-12,14-15H,2-4,13H2,1H3. The summed E-state index contributed by atoms with van der Waals surface area (Å²) < 4.78 is 11.6. The second-order valence-corrected chi connectivity index (χ2v) is 5.85. The molecule has 0 aliphatic carbocycles. The van der Waals surface area contributed by atoms with E-state index in [-0.39, 0.29) is 0 Å². The Morgan fingerprint density at radius 2 is 1.72 bits per heavy atom. The van der Waals surface area contributed by atoms with Crippen molar-refractivity contribution >= 4 is 6.29 Å². The number of oxazole rings is 1. The lowest BCUT2D eigenvalue weighted by Gasteiger charge is -2.06. The molecule has 25 heavy (non-hydrogen) atoms. The van der Waals surface area contributed by atoms with Gasteiger partial charge in [0.1, 0.15) is 12.0 Å². The lowest BCUT2D eigenvalue weighted by molar-refractivity contribution is 0.112. The maximum absolute atomic E-state index is 10.7. The van der Waals surface area contributed by atoms with Crippen LogP contribution in [-0.4, -0.2) is 17.9 Å². The maximum Gasteiger partial charge on any atom is 0.226 e. The van der Waals surface area contributed by atoms with Gasteiger partial charge in [0.25, 0.3) is 0 Å². The Kier molecular flexibility index (Phi) is 5.62. The highest BCUT2D eigenvalue weighted by molar-refractivity contribution is 5.76. The van der Waals surface area contributed by atoms with Crippen molar-refractivity contribution in [1.29, 1.82) is 0 Å². The maximum atomic E-state index is 10.7. The highest BCUT2D eigenvalue weighted by atomic mass is 16.5. The fraction of sp³-hybridized carbons (Fsp3) is 0.238. The molecule has 4 nitrogen and oxygen atoms in total. The Morgan fingerprint density at radius 1 is 1.00 bits per heavy atom. The first-order valence-corrected chi connectivity index (χ1v) is 8.55. The first-order valence-electron chi connectivity index (χ1n) is 8.55. The van der Waals surface area contributed by atoms with Gasteiger partial charge in [0.05, 0.1) is 12.8 Å². The smallest absolute Gasteiger partial charge is 0.226 e. The second-order valence-electron chi connectivity index (χ2n) is 5.85. The van der Waals surface area contributed by atoms with Crippen molar-refractivity contribution in [2.75, 3.05) is 6.61 Å². The van der Waals surface area contributed by atoms with E-state index in [9.17, 15) is 4.79 Å². The Morgan fingerprint density at radius 3 is 2.40 bits per heavy atom. The van der Waals surface area contributed by atoms with Crippen molar-refractivity contribution in [2.24, 2.45) is 0 Å². The third-order valence-electron chi connectivity index (χ3n) is 3.95. The minimum atomic E-state index is 0.535. The molecule has 0 atom stereocenters. The molecule has 3 aromatic rings. The minimum absolute atomic E-state index is 0.535. The topological polar surface area (TPSA) is 52.3 Å². The average molecular weight is 335 g/mol. The summed E-state index contributed by atoms with van der Waals surface area (Å²) >= 11 is 0. The van der Waals surface area contributed by atoms with Crippen LogP contribution in [0.5, 0.6) is 5.75 Å². The van der Waals surface area contributed by atoms with E-state index in [4.69, 9.17) is 9.15 Å². The number of rotatable bonds is 8. The number of carbonyl (C=O) groups excluding carboxylic acids is 1. The van der Waals surface area contributed by atoms with Gasteiger partial charge in [0, 0.05) is 16.7 Å². The van der Waals surface area contributed by atoms with Gasteiger partial charge in [-0.25, -0.2) is 4.98 Å². The largest absolute Gasteiger partial charge is 0.494 e. The molecule has 0 N–H and O–H groups in total. The van der Waals surface area contributed by atoms with Crippen LogP contribution < -0.4 is 4.74 Å². The quantitative estimate of drug-likeness (QED) is 0.409. The molecule has 0 amide bonds. The van der Waals surface area contributed by atoms with Gasteiger partial charge in [-0.1, -0.05) is 31.9 Å². The summed E-state index contributed by atoms with van der Waals surface area (Å²) in [5.41, 5.74) is 2.42. The van der Waals surface area contributed by atoms with Gasteiger partial charge in [0.2, 0.25) is 5.89 Å². The molecule has 1 heterocycles. The zero-order chi connectivity index (χ0) is 17.5. The number of benzene rings is 2. The molecular formula is C21H21NO3. The van der Waals surface area contributed by atoms with Gasteiger partial charge < -0.3 is 9.15 Å². The van der Waals surface area contributed by atoms with Crippen LogP contribution in [0.2, 0.25) is 0 Å². The Bertz CT molecular complexity index is 804. The lowest BCUT2D eigenvalue weighted by Crippen LogP contribution is -1.96. The van der Waals surface area contributed by atoms with E-state index in [1.807, 2.05) is 36.4 Å². The van der Waals surface area contributed by atoms with E-state index in [2.05, 4.69) is 11.9 Å². The van der Waals surface area contributed by atoms with E-state index in [0.717, 1.165) is 36.2 Å². The van der Waals surface area contributed by atoms with Gasteiger partial charge in [-0.2, -0.15) is 0 Å². The zero-order valence-corrected chi connectivity index (χ0v) is 14.3. The SMILES string of the molecule is CCCCCOc1ccc(-c2cnc(-c3ccc(C=O)cc3)o2)cc1. The normalized spacial score (nSPS) is 10.6. The van der Waals surface area contributed by atoms with E-state index in [1.54, 1.807) is 18.3 Å².